The Bertz CT molecular complexity index is 716. The minimum absolute atomic E-state index is 0.0978. The lowest BCUT2D eigenvalue weighted by Crippen LogP contribution is -2.44. The zero-order valence-electron chi connectivity index (χ0n) is 14.3. The van der Waals surface area contributed by atoms with E-state index in [0.717, 1.165) is 11.1 Å². The summed E-state index contributed by atoms with van der Waals surface area (Å²) >= 11 is 0. The van der Waals surface area contributed by atoms with Gasteiger partial charge in [-0.3, -0.25) is 9.78 Å². The van der Waals surface area contributed by atoms with Crippen LogP contribution in [0.15, 0.2) is 48.8 Å². The summed E-state index contributed by atoms with van der Waals surface area (Å²) in [6, 6.07) is 10.1. The number of hydrogen-bond acceptors (Lipinski definition) is 4. The lowest BCUT2D eigenvalue weighted by Gasteiger charge is -2.18. The van der Waals surface area contributed by atoms with Crippen molar-refractivity contribution in [2.75, 3.05) is 0 Å². The number of rotatable bonds is 8. The molecule has 25 heavy (non-hydrogen) atoms. The third-order valence-corrected chi connectivity index (χ3v) is 3.64. The molecule has 6 heteroatoms. The maximum atomic E-state index is 12.1. The number of pyridine rings is 1. The Kier molecular flexibility index (Phi) is 6.51. The van der Waals surface area contributed by atoms with Gasteiger partial charge >= 0.3 is 5.97 Å². The van der Waals surface area contributed by atoms with Crippen molar-refractivity contribution in [3.8, 4) is 5.75 Å². The Morgan fingerprint density at radius 2 is 1.96 bits per heavy atom. The van der Waals surface area contributed by atoms with E-state index < -0.39 is 12.0 Å². The molecule has 2 aromatic rings. The summed E-state index contributed by atoms with van der Waals surface area (Å²) in [5, 5.41) is 11.7. The quantitative estimate of drug-likeness (QED) is 0.769. The third kappa shape index (κ3) is 5.91. The molecule has 0 saturated carbocycles. The van der Waals surface area contributed by atoms with Crippen LogP contribution in [0.3, 0.4) is 0 Å². The molecular formula is C19H22N2O4. The molecule has 132 valence electrons. The van der Waals surface area contributed by atoms with Crippen molar-refractivity contribution >= 4 is 11.9 Å². The number of hydrogen-bond donors (Lipinski definition) is 2. The van der Waals surface area contributed by atoms with Crippen molar-refractivity contribution in [1.82, 2.24) is 10.3 Å². The lowest BCUT2D eigenvalue weighted by atomic mass is 10.0. The number of carboxylic acids is 1. The fourth-order valence-electron chi connectivity index (χ4n) is 2.32. The molecule has 0 saturated heterocycles. The van der Waals surface area contributed by atoms with Crippen LogP contribution in [0.5, 0.6) is 5.75 Å². The molecule has 0 fully saturated rings. The number of carbonyl (C=O) groups excluding carboxylic acids is 1. The van der Waals surface area contributed by atoms with Gasteiger partial charge in [-0.25, -0.2) is 4.79 Å². The molecule has 2 N–H and O–H groups in total. The number of carbonyl (C=O) groups is 2. The van der Waals surface area contributed by atoms with E-state index in [0.29, 0.717) is 12.4 Å². The van der Waals surface area contributed by atoms with E-state index in [1.807, 2.05) is 24.3 Å². The number of amides is 1. The molecule has 0 aliphatic heterocycles. The highest BCUT2D eigenvalue weighted by atomic mass is 16.5. The number of ether oxygens (including phenoxy) is 1. The maximum Gasteiger partial charge on any atom is 0.326 e. The summed E-state index contributed by atoms with van der Waals surface area (Å²) in [4.78, 5) is 27.3. The summed E-state index contributed by atoms with van der Waals surface area (Å²) in [5.74, 6) is -0.897. The summed E-state index contributed by atoms with van der Waals surface area (Å²) in [6.07, 6.45) is 3.53. The Morgan fingerprint density at radius 1 is 1.20 bits per heavy atom. The predicted molar refractivity (Wildman–Crippen MR) is 93.1 cm³/mol. The molecule has 1 amide bonds. The summed E-state index contributed by atoms with van der Waals surface area (Å²) in [6.45, 7) is 3.90. The Balaban J connectivity index is 1.94. The molecule has 6 nitrogen and oxygen atoms in total. The third-order valence-electron chi connectivity index (χ3n) is 3.64. The number of aromatic nitrogens is 1. The smallest absolute Gasteiger partial charge is 0.326 e. The molecule has 1 heterocycles. The molecular weight excluding hydrogens is 320 g/mol. The van der Waals surface area contributed by atoms with E-state index in [4.69, 9.17) is 9.84 Å². The van der Waals surface area contributed by atoms with Crippen LogP contribution in [0.4, 0.5) is 0 Å². The van der Waals surface area contributed by atoms with Crippen molar-refractivity contribution in [3.63, 3.8) is 0 Å². The zero-order valence-corrected chi connectivity index (χ0v) is 14.3. The standard InChI is InChI=1S/C19H22N2O4/c1-13(2)18(19(23)24)21-17(22)10-14-5-3-7-16(9-14)25-12-15-6-4-8-20-11-15/h3-9,11,13,18H,10,12H2,1-2H3,(H,21,22)(H,23,24)/t18-/m1/s1. The second kappa shape index (κ2) is 8.82. The minimum Gasteiger partial charge on any atom is -0.489 e. The van der Waals surface area contributed by atoms with E-state index >= 15 is 0 Å². The number of benzene rings is 1. The number of nitrogens with one attached hydrogen (secondary N) is 1. The topological polar surface area (TPSA) is 88.5 Å². The molecule has 0 aliphatic carbocycles. The first kappa shape index (κ1) is 18.4. The van der Waals surface area contributed by atoms with Gasteiger partial charge < -0.3 is 15.2 Å². The molecule has 0 radical (unpaired) electrons. The van der Waals surface area contributed by atoms with Crippen molar-refractivity contribution in [2.24, 2.45) is 5.92 Å². The van der Waals surface area contributed by atoms with Gasteiger partial charge in [-0.05, 0) is 29.7 Å². The van der Waals surface area contributed by atoms with E-state index in [-0.39, 0.29) is 18.2 Å². The minimum atomic E-state index is -1.03. The largest absolute Gasteiger partial charge is 0.489 e. The fourth-order valence-corrected chi connectivity index (χ4v) is 2.32. The Labute approximate surface area is 146 Å². The maximum absolute atomic E-state index is 12.1. The van der Waals surface area contributed by atoms with Crippen molar-refractivity contribution in [3.05, 3.63) is 59.9 Å². The van der Waals surface area contributed by atoms with E-state index in [2.05, 4.69) is 10.3 Å². The van der Waals surface area contributed by atoms with E-state index in [1.165, 1.54) is 0 Å². The predicted octanol–water partition coefficient (Wildman–Crippen LogP) is 2.43. The molecule has 1 atom stereocenters. The van der Waals surface area contributed by atoms with Gasteiger partial charge in [-0.2, -0.15) is 0 Å². The SMILES string of the molecule is CC(C)[C@@H](NC(=O)Cc1cccc(OCc2cccnc2)c1)C(=O)O. The second-order valence-corrected chi connectivity index (χ2v) is 6.10. The summed E-state index contributed by atoms with van der Waals surface area (Å²) in [7, 11) is 0. The van der Waals surface area contributed by atoms with E-state index in [1.54, 1.807) is 38.4 Å². The van der Waals surface area contributed by atoms with Crippen LogP contribution >= 0.6 is 0 Å². The lowest BCUT2D eigenvalue weighted by molar-refractivity contribution is -0.143. The van der Waals surface area contributed by atoms with Crippen molar-refractivity contribution in [1.29, 1.82) is 0 Å². The van der Waals surface area contributed by atoms with Crippen LogP contribution in [0, 0.1) is 5.92 Å². The summed E-state index contributed by atoms with van der Waals surface area (Å²) < 4.78 is 5.71. The monoisotopic (exact) mass is 342 g/mol. The molecule has 1 aromatic heterocycles. The first-order chi connectivity index (χ1) is 12.0. The van der Waals surface area contributed by atoms with Gasteiger partial charge in [0.25, 0.3) is 0 Å². The van der Waals surface area contributed by atoms with Gasteiger partial charge in [-0.1, -0.05) is 32.0 Å². The molecule has 1 aromatic carbocycles. The second-order valence-electron chi connectivity index (χ2n) is 6.10. The number of nitrogens with zero attached hydrogens (tertiary/aromatic N) is 1. The molecule has 0 spiro atoms. The highest BCUT2D eigenvalue weighted by Gasteiger charge is 2.23. The highest BCUT2D eigenvalue weighted by molar-refractivity contribution is 5.85. The van der Waals surface area contributed by atoms with Gasteiger partial charge in [0, 0.05) is 18.0 Å². The summed E-state index contributed by atoms with van der Waals surface area (Å²) in [5.41, 5.74) is 1.71. The van der Waals surface area contributed by atoms with Crippen molar-refractivity contribution in [2.45, 2.75) is 32.9 Å². The van der Waals surface area contributed by atoms with Gasteiger partial charge in [0.1, 0.15) is 18.4 Å². The van der Waals surface area contributed by atoms with E-state index in [9.17, 15) is 9.59 Å². The van der Waals surface area contributed by atoms with Gasteiger partial charge in [-0.15, -0.1) is 0 Å². The molecule has 0 bridgehead atoms. The van der Waals surface area contributed by atoms with Crippen molar-refractivity contribution < 1.29 is 19.4 Å². The Morgan fingerprint density at radius 3 is 2.60 bits per heavy atom. The first-order valence-corrected chi connectivity index (χ1v) is 8.08. The first-order valence-electron chi connectivity index (χ1n) is 8.08. The van der Waals surface area contributed by atoms with Gasteiger partial charge in [0.05, 0.1) is 6.42 Å². The van der Waals surface area contributed by atoms with Crippen LogP contribution in [-0.4, -0.2) is 28.0 Å². The molecule has 0 unspecified atom stereocenters. The van der Waals surface area contributed by atoms with Crippen LogP contribution < -0.4 is 10.1 Å². The molecule has 0 aliphatic rings. The number of carboxylic acid groups (broad SMARTS) is 1. The average molecular weight is 342 g/mol. The van der Waals surface area contributed by atoms with Gasteiger partial charge in [0.15, 0.2) is 0 Å². The molecule has 2 rings (SSSR count). The Hall–Kier alpha value is -2.89. The fraction of sp³-hybridized carbons (Fsp3) is 0.316. The highest BCUT2D eigenvalue weighted by Crippen LogP contribution is 2.15. The average Bonchev–Trinajstić information content (AvgIpc) is 2.58. The normalized spacial score (nSPS) is 11.8. The number of aliphatic carboxylic acids is 1. The van der Waals surface area contributed by atoms with Crippen LogP contribution in [0.1, 0.15) is 25.0 Å². The van der Waals surface area contributed by atoms with Crippen LogP contribution in [0.2, 0.25) is 0 Å². The van der Waals surface area contributed by atoms with Crippen LogP contribution in [0.25, 0.3) is 0 Å². The zero-order chi connectivity index (χ0) is 18.2. The van der Waals surface area contributed by atoms with Gasteiger partial charge in [0.2, 0.25) is 5.91 Å². The van der Waals surface area contributed by atoms with Crippen LogP contribution in [-0.2, 0) is 22.6 Å².